The van der Waals surface area contributed by atoms with Crippen LogP contribution in [-0.4, -0.2) is 231 Å². The molecule has 24 nitrogen and oxygen atoms in total. The average Bonchev–Trinajstić information content (AvgIpc) is 1.29. The standard InChI is InChI=1S/C59H96N11O13P3S/c1-11-12-28-69(3,4)30-20-61-54(71)17-15-46-35-49(63-56(37-46)84(8,73)74)42-66-22-23-67(43-50-36-47(38-57(64-50)85(9,75)76)16-18-55(72)62-21-31-70(5,6)29-14-33-87(79,80)81)25-27-68(26-24-66)44-51-39-48(40-58(65-51)86(10,77)78)59-45(2)34-52(41-53(59)82-7)83-32-13-19-60/h34-41H,11-33,42-44,60H2,1-10H3,(H4-2,61,62,71,72,73,74,75,76,77,78,79,80,81)/p+2. The number of aromatic nitrogens is 3. The maximum absolute atomic E-state index is 13.5. The van der Waals surface area contributed by atoms with Gasteiger partial charge in [-0.15, -0.1) is 0 Å². The minimum atomic E-state index is -4.08. The number of rotatable bonds is 34. The lowest BCUT2D eigenvalue weighted by Crippen LogP contribution is -2.46. The number of hydrogen-bond acceptors (Lipinski definition) is 16. The molecule has 4 aromatic rings. The zero-order valence-corrected chi connectivity index (χ0v) is 56.4. The Balaban J connectivity index is 1.45. The second-order valence-electron chi connectivity index (χ2n) is 24.6. The molecule has 0 spiro atoms. The van der Waals surface area contributed by atoms with E-state index in [1.54, 1.807) is 31.4 Å². The summed E-state index contributed by atoms with van der Waals surface area (Å²) in [7, 11) is -6.05. The van der Waals surface area contributed by atoms with Gasteiger partial charge in [0.2, 0.25) is 33.9 Å². The largest absolute Gasteiger partial charge is 0.496 e. The van der Waals surface area contributed by atoms with E-state index in [9.17, 15) is 46.4 Å². The van der Waals surface area contributed by atoms with Crippen LogP contribution in [0.15, 0.2) is 48.5 Å². The summed E-state index contributed by atoms with van der Waals surface area (Å²) in [5, 5.41) is 5.98. The normalized spacial score (nSPS) is 16.4. The van der Waals surface area contributed by atoms with Crippen LogP contribution in [0.4, 0.5) is 0 Å². The first-order valence-corrected chi connectivity index (χ1v) is 37.8. The first kappa shape index (κ1) is 73.2. The molecule has 1 aliphatic rings. The third kappa shape index (κ3) is 26.1. The van der Waals surface area contributed by atoms with Gasteiger partial charge in [0.25, 0.3) is 10.1 Å². The van der Waals surface area contributed by atoms with Gasteiger partial charge in [-0.05, 0) is 104 Å². The highest BCUT2D eigenvalue weighted by Gasteiger charge is 2.27. The van der Waals surface area contributed by atoms with E-state index in [0.717, 1.165) is 36.0 Å². The number of benzene rings is 1. The number of aryl methyl sites for hydroxylation is 3. The average molecular weight is 1290 g/mol. The second kappa shape index (κ2) is 33.0. The summed E-state index contributed by atoms with van der Waals surface area (Å²) < 4.78 is 84.9. The van der Waals surface area contributed by atoms with Gasteiger partial charge < -0.3 is 49.5 Å². The molecule has 3 unspecified atom stereocenters. The van der Waals surface area contributed by atoms with Crippen LogP contribution in [0.5, 0.6) is 11.5 Å². The van der Waals surface area contributed by atoms with Crippen LogP contribution < -0.4 is 42.1 Å². The molecule has 28 heteroatoms. The quantitative estimate of drug-likeness (QED) is 0.0153. The van der Waals surface area contributed by atoms with Crippen molar-refractivity contribution in [3.8, 4) is 22.6 Å². The van der Waals surface area contributed by atoms with Gasteiger partial charge in [0.1, 0.15) is 27.8 Å². The summed E-state index contributed by atoms with van der Waals surface area (Å²) in [5.74, 6) is 0.420. The fraction of sp³-hybridized carbons (Fsp3) is 0.610. The highest BCUT2D eigenvalue weighted by molar-refractivity contribution is 7.85. The first-order chi connectivity index (χ1) is 40.6. The van der Waals surface area contributed by atoms with E-state index in [0.29, 0.717) is 147 Å². The molecule has 0 saturated carbocycles. The lowest BCUT2D eigenvalue weighted by molar-refractivity contribution is -0.889. The van der Waals surface area contributed by atoms with Crippen LogP contribution in [0.3, 0.4) is 0 Å². The first-order valence-electron chi connectivity index (χ1n) is 29.9. The second-order valence-corrected chi connectivity index (χ2v) is 32.8. The van der Waals surface area contributed by atoms with Crippen molar-refractivity contribution in [2.45, 2.75) is 84.8 Å². The number of nitrogens with zero attached hydrogens (tertiary/aromatic N) is 8. The maximum Gasteiger partial charge on any atom is 0.265 e. The van der Waals surface area contributed by atoms with Crippen molar-refractivity contribution < 1.29 is 69.4 Å². The van der Waals surface area contributed by atoms with Crippen molar-refractivity contribution in [3.63, 3.8) is 0 Å². The van der Waals surface area contributed by atoms with Crippen molar-refractivity contribution >= 4 is 60.3 Å². The predicted octanol–water partition coefficient (Wildman–Crippen LogP) is 3.31. The molecule has 87 heavy (non-hydrogen) atoms. The summed E-state index contributed by atoms with van der Waals surface area (Å²) in [5.41, 5.74) is 10.9. The summed E-state index contributed by atoms with van der Waals surface area (Å²) in [6.45, 7) is 16.1. The Kier molecular flexibility index (Phi) is 27.7. The van der Waals surface area contributed by atoms with Gasteiger partial charge in [0, 0.05) is 110 Å². The summed E-state index contributed by atoms with van der Waals surface area (Å²) in [4.78, 5) is 80.0. The number of unbranched alkanes of at least 4 members (excludes halogenated alkanes) is 1. The lowest BCUT2D eigenvalue weighted by Gasteiger charge is -2.29. The molecule has 3 aromatic heterocycles. The van der Waals surface area contributed by atoms with Gasteiger partial charge in [-0.3, -0.25) is 42.5 Å². The van der Waals surface area contributed by atoms with Crippen LogP contribution in [-0.2, 0) is 65.9 Å². The highest BCUT2D eigenvalue weighted by Crippen LogP contribution is 2.40. The summed E-state index contributed by atoms with van der Waals surface area (Å²) in [6.07, 6.45) is 3.96. The Labute approximate surface area is 515 Å². The number of quaternary nitrogens is 2. The molecule has 0 radical (unpaired) electrons. The molecule has 8 N–H and O–H groups in total. The fourth-order valence-corrected chi connectivity index (χ4v) is 12.9. The van der Waals surface area contributed by atoms with Crippen molar-refractivity contribution in [1.29, 1.82) is 0 Å². The van der Waals surface area contributed by atoms with Crippen LogP contribution in [0, 0.1) is 6.92 Å². The maximum atomic E-state index is 13.5. The SMILES string of the molecule is CCCC[N+](C)(C)CCNC(=O)CCc1cc(CN2CCN(Cc3cc(CCC(=O)NCC[N+](C)(C)CCCS(=O)(=O)O)cc(P(C)(=O)O)n3)CCN(Cc3cc(-c4c(C)cc(OCCCN)cc4OC)cc(P(C)(=O)O)n3)CC2)nc(P(C)(=O)O)c1. The van der Waals surface area contributed by atoms with Crippen LogP contribution in [0.1, 0.15) is 79.2 Å². The number of hydrogen-bond donors (Lipinski definition) is 7. The van der Waals surface area contributed by atoms with Gasteiger partial charge in [-0.25, -0.2) is 15.0 Å². The summed E-state index contributed by atoms with van der Waals surface area (Å²) in [6, 6.07) is 14.1. The molecular weight excluding hydrogens is 1200 g/mol. The van der Waals surface area contributed by atoms with Crippen LogP contribution in [0.25, 0.3) is 11.1 Å². The number of methoxy groups -OCH3 is 1. The third-order valence-corrected chi connectivity index (χ3v) is 19.4. The van der Waals surface area contributed by atoms with Gasteiger partial charge >= 0.3 is 0 Å². The zero-order valence-electron chi connectivity index (χ0n) is 52.9. The van der Waals surface area contributed by atoms with Crippen molar-refractivity contribution in [3.05, 3.63) is 82.3 Å². The molecule has 0 bridgehead atoms. The molecule has 2 amide bonds. The summed E-state index contributed by atoms with van der Waals surface area (Å²) >= 11 is 0. The monoisotopic (exact) mass is 1290 g/mol. The van der Waals surface area contributed by atoms with Crippen molar-refractivity contribution in [2.24, 2.45) is 5.73 Å². The number of amides is 2. The Hall–Kier alpha value is -4.55. The van der Waals surface area contributed by atoms with Crippen molar-refractivity contribution in [2.75, 3.05) is 153 Å². The number of likely N-dealkylation sites (N-methyl/N-ethyl adjacent to an activating group) is 2. The molecule has 1 aromatic carbocycles. The topological polar surface area (TPSA) is 317 Å². The molecule has 0 aliphatic carbocycles. The van der Waals surface area contributed by atoms with E-state index in [2.05, 4.69) is 46.4 Å². The molecule has 5 rings (SSSR count). The predicted molar refractivity (Wildman–Crippen MR) is 343 cm³/mol. The molecule has 486 valence electrons. The van der Waals surface area contributed by atoms with Gasteiger partial charge in [-0.2, -0.15) is 8.42 Å². The molecular formula is C59H98N11O13P3S+2. The van der Waals surface area contributed by atoms with E-state index < -0.39 is 32.2 Å². The number of nitrogens with two attached hydrogens (primary N) is 1. The van der Waals surface area contributed by atoms with E-state index in [4.69, 9.17) is 34.7 Å². The smallest absolute Gasteiger partial charge is 0.265 e. The fourth-order valence-electron chi connectivity index (χ4n) is 10.3. The minimum Gasteiger partial charge on any atom is -0.496 e. The Bertz CT molecular complexity index is 3210. The molecule has 1 saturated heterocycles. The minimum absolute atomic E-state index is 0.00769. The number of pyridine rings is 3. The molecule has 1 fully saturated rings. The van der Waals surface area contributed by atoms with E-state index in [1.807, 2.05) is 45.3 Å². The van der Waals surface area contributed by atoms with E-state index in [-0.39, 0.29) is 79.2 Å². The molecule has 4 heterocycles. The van der Waals surface area contributed by atoms with Crippen molar-refractivity contribution in [1.82, 2.24) is 40.3 Å². The Morgan fingerprint density at radius 1 is 0.644 bits per heavy atom. The highest BCUT2D eigenvalue weighted by atomic mass is 32.2. The Morgan fingerprint density at radius 2 is 1.07 bits per heavy atom. The number of ether oxygens (including phenoxy) is 2. The van der Waals surface area contributed by atoms with Gasteiger partial charge in [0.15, 0.2) is 0 Å². The van der Waals surface area contributed by atoms with E-state index in [1.165, 1.54) is 20.0 Å². The Morgan fingerprint density at radius 3 is 1.47 bits per heavy atom. The number of carbonyl (C=O) groups excluding carboxylic acids is 2. The van der Waals surface area contributed by atoms with Crippen LogP contribution in [0.2, 0.25) is 0 Å². The van der Waals surface area contributed by atoms with Gasteiger partial charge in [-0.1, -0.05) is 13.3 Å². The van der Waals surface area contributed by atoms with Gasteiger partial charge in [0.05, 0.1) is 104 Å². The molecule has 1 aliphatic heterocycles. The van der Waals surface area contributed by atoms with Crippen LogP contribution >= 0.6 is 22.1 Å². The number of nitrogens with one attached hydrogen (secondary N) is 2. The van der Waals surface area contributed by atoms with E-state index >= 15 is 0 Å². The lowest BCUT2D eigenvalue weighted by atomic mass is 9.99. The third-order valence-electron chi connectivity index (χ3n) is 15.4. The zero-order chi connectivity index (χ0) is 64.4. The number of carbonyl (C=O) groups is 2. The molecule has 3 atom stereocenters.